The molecule has 0 aliphatic rings. The van der Waals surface area contributed by atoms with E-state index < -0.39 is 0 Å². The van der Waals surface area contributed by atoms with Crippen LogP contribution in [0.5, 0.6) is 11.5 Å². The Morgan fingerprint density at radius 2 is 1.93 bits per heavy atom. The molecule has 1 atom stereocenters. The predicted molar refractivity (Wildman–Crippen MR) is 52.4 cm³/mol. The minimum absolute atomic E-state index is 0.000696. The highest BCUT2D eigenvalue weighted by atomic mass is 16.3. The third-order valence-corrected chi connectivity index (χ3v) is 1.95. The van der Waals surface area contributed by atoms with Crippen LogP contribution >= 0.6 is 0 Å². The lowest BCUT2D eigenvalue weighted by atomic mass is 10.1. The first kappa shape index (κ1) is 10.5. The minimum Gasteiger partial charge on any atom is -0.508 e. The van der Waals surface area contributed by atoms with Gasteiger partial charge in [0.1, 0.15) is 17.8 Å². The fourth-order valence-corrected chi connectivity index (χ4v) is 1.25. The van der Waals surface area contributed by atoms with Crippen LogP contribution in [0.15, 0.2) is 18.2 Å². The molecule has 0 radical (unpaired) electrons. The third kappa shape index (κ3) is 2.74. The zero-order chi connectivity index (χ0) is 10.6. The summed E-state index contributed by atoms with van der Waals surface area (Å²) in [5.41, 5.74) is 0.717. The molecule has 0 bridgehead atoms. The average Bonchev–Trinajstić information content (AvgIpc) is 2.12. The lowest BCUT2D eigenvalue weighted by Crippen LogP contribution is -2.28. The number of likely N-dealkylation sites (N-methyl/N-ethyl adjacent to an activating group) is 1. The first-order valence-electron chi connectivity index (χ1n) is 4.30. The normalized spacial score (nSPS) is 12.4. The Morgan fingerprint density at radius 1 is 1.36 bits per heavy atom. The molecule has 0 aromatic heterocycles. The monoisotopic (exact) mass is 195 g/mol. The Hall–Kier alpha value is -1.55. The molecule has 1 rings (SSSR count). The second-order valence-electron chi connectivity index (χ2n) is 3.09. The van der Waals surface area contributed by atoms with Gasteiger partial charge in [-0.1, -0.05) is 0 Å². The van der Waals surface area contributed by atoms with Gasteiger partial charge < -0.3 is 20.3 Å². The van der Waals surface area contributed by atoms with E-state index in [2.05, 4.69) is 5.32 Å². The maximum Gasteiger partial charge on any atom is 0.137 e. The molecule has 0 fully saturated rings. The first-order valence-corrected chi connectivity index (χ1v) is 4.30. The summed E-state index contributed by atoms with van der Waals surface area (Å²) in [6, 6.07) is 4.00. The van der Waals surface area contributed by atoms with Gasteiger partial charge in [-0.25, -0.2) is 0 Å². The van der Waals surface area contributed by atoms with Crippen LogP contribution in [0.4, 0.5) is 0 Å². The topological polar surface area (TPSA) is 69.6 Å². The zero-order valence-electron chi connectivity index (χ0n) is 7.90. The van der Waals surface area contributed by atoms with Crippen molar-refractivity contribution in [2.75, 3.05) is 7.05 Å². The second-order valence-corrected chi connectivity index (χ2v) is 3.09. The van der Waals surface area contributed by atoms with Crippen LogP contribution in [-0.4, -0.2) is 29.6 Å². The number of nitrogens with one attached hydrogen (secondary N) is 1. The Labute approximate surface area is 82.2 Å². The molecular weight excluding hydrogens is 182 g/mol. The zero-order valence-corrected chi connectivity index (χ0v) is 7.90. The summed E-state index contributed by atoms with van der Waals surface area (Å²) in [7, 11) is 1.68. The molecule has 0 heterocycles. The summed E-state index contributed by atoms with van der Waals surface area (Å²) in [4.78, 5) is 10.5. The van der Waals surface area contributed by atoms with Gasteiger partial charge in [-0.05, 0) is 31.2 Å². The molecule has 0 spiro atoms. The Kier molecular flexibility index (Phi) is 3.48. The number of aldehydes is 1. The molecule has 4 heteroatoms. The van der Waals surface area contributed by atoms with Gasteiger partial charge in [-0.15, -0.1) is 0 Å². The fraction of sp³-hybridized carbons (Fsp3) is 0.300. The number of hydrogen-bond donors (Lipinski definition) is 3. The van der Waals surface area contributed by atoms with Crippen molar-refractivity contribution < 1.29 is 15.0 Å². The smallest absolute Gasteiger partial charge is 0.137 e. The summed E-state index contributed by atoms with van der Waals surface area (Å²) < 4.78 is 0. The van der Waals surface area contributed by atoms with Gasteiger partial charge in [-0.2, -0.15) is 0 Å². The number of benzene rings is 1. The fourth-order valence-electron chi connectivity index (χ4n) is 1.25. The van der Waals surface area contributed by atoms with Crippen molar-refractivity contribution in [2.24, 2.45) is 0 Å². The molecule has 76 valence electrons. The van der Waals surface area contributed by atoms with Gasteiger partial charge >= 0.3 is 0 Å². The summed E-state index contributed by atoms with van der Waals surface area (Å²) in [5, 5.41) is 21.2. The van der Waals surface area contributed by atoms with Gasteiger partial charge in [0.2, 0.25) is 0 Å². The Morgan fingerprint density at radius 3 is 2.36 bits per heavy atom. The van der Waals surface area contributed by atoms with Gasteiger partial charge in [-0.3, -0.25) is 0 Å². The van der Waals surface area contributed by atoms with Crippen molar-refractivity contribution in [1.29, 1.82) is 0 Å². The number of carbonyl (C=O) groups is 1. The van der Waals surface area contributed by atoms with Gasteiger partial charge in [0.25, 0.3) is 0 Å². The summed E-state index contributed by atoms with van der Waals surface area (Å²) in [5.74, 6) is 0.00139. The van der Waals surface area contributed by atoms with E-state index >= 15 is 0 Å². The van der Waals surface area contributed by atoms with E-state index in [4.69, 9.17) is 0 Å². The van der Waals surface area contributed by atoms with Crippen LogP contribution < -0.4 is 5.32 Å². The molecule has 0 aliphatic carbocycles. The standard InChI is InChI=1S/C10H13NO3/c1-11-8(6-12)2-7-3-9(13)5-10(14)4-7/h3-6,8,11,13-14H,2H2,1H3. The number of aromatic hydroxyl groups is 2. The molecular formula is C10H13NO3. The third-order valence-electron chi connectivity index (χ3n) is 1.95. The number of phenolic OH excluding ortho intramolecular Hbond substituents is 2. The van der Waals surface area contributed by atoms with E-state index in [-0.39, 0.29) is 17.5 Å². The number of phenols is 2. The van der Waals surface area contributed by atoms with Gasteiger partial charge in [0.05, 0.1) is 6.04 Å². The quantitative estimate of drug-likeness (QED) is 0.609. The van der Waals surface area contributed by atoms with Crippen molar-refractivity contribution in [1.82, 2.24) is 5.32 Å². The van der Waals surface area contributed by atoms with E-state index in [9.17, 15) is 15.0 Å². The molecule has 0 saturated carbocycles. The predicted octanol–water partition coefficient (Wildman–Crippen LogP) is 0.427. The molecule has 1 aromatic carbocycles. The minimum atomic E-state index is -0.295. The van der Waals surface area contributed by atoms with Crippen molar-refractivity contribution in [3.05, 3.63) is 23.8 Å². The van der Waals surface area contributed by atoms with E-state index in [1.807, 2.05) is 0 Å². The second kappa shape index (κ2) is 4.62. The van der Waals surface area contributed by atoms with Crippen LogP contribution in [0, 0.1) is 0 Å². The van der Waals surface area contributed by atoms with Crippen LogP contribution in [0.25, 0.3) is 0 Å². The molecule has 4 nitrogen and oxygen atoms in total. The lowest BCUT2D eigenvalue weighted by Gasteiger charge is -2.09. The maximum absolute atomic E-state index is 10.5. The van der Waals surface area contributed by atoms with E-state index in [0.717, 1.165) is 6.29 Å². The Bertz CT molecular complexity index is 305. The van der Waals surface area contributed by atoms with Gasteiger partial charge in [0, 0.05) is 6.07 Å². The van der Waals surface area contributed by atoms with Crippen LogP contribution in [0.1, 0.15) is 5.56 Å². The van der Waals surface area contributed by atoms with E-state index in [1.54, 1.807) is 7.05 Å². The number of rotatable bonds is 4. The molecule has 0 amide bonds. The number of carbonyl (C=O) groups excluding carboxylic acids is 1. The lowest BCUT2D eigenvalue weighted by molar-refractivity contribution is -0.109. The largest absolute Gasteiger partial charge is 0.508 e. The SMILES string of the molecule is CNC(C=O)Cc1cc(O)cc(O)c1. The first-order chi connectivity index (χ1) is 6.65. The molecule has 1 unspecified atom stereocenters. The Balaban J connectivity index is 2.80. The molecule has 0 saturated heterocycles. The van der Waals surface area contributed by atoms with E-state index in [1.165, 1.54) is 18.2 Å². The van der Waals surface area contributed by atoms with E-state index in [0.29, 0.717) is 12.0 Å². The van der Waals surface area contributed by atoms with Crippen molar-refractivity contribution >= 4 is 6.29 Å². The highest BCUT2D eigenvalue weighted by Crippen LogP contribution is 2.20. The van der Waals surface area contributed by atoms with Crippen LogP contribution in [-0.2, 0) is 11.2 Å². The van der Waals surface area contributed by atoms with Crippen molar-refractivity contribution in [3.63, 3.8) is 0 Å². The molecule has 1 aromatic rings. The number of hydrogen-bond acceptors (Lipinski definition) is 4. The van der Waals surface area contributed by atoms with Crippen LogP contribution in [0.3, 0.4) is 0 Å². The van der Waals surface area contributed by atoms with Crippen molar-refractivity contribution in [3.8, 4) is 11.5 Å². The summed E-state index contributed by atoms with van der Waals surface area (Å²) in [6.07, 6.45) is 1.24. The summed E-state index contributed by atoms with van der Waals surface area (Å²) >= 11 is 0. The maximum atomic E-state index is 10.5. The average molecular weight is 195 g/mol. The van der Waals surface area contributed by atoms with Crippen LogP contribution in [0.2, 0.25) is 0 Å². The van der Waals surface area contributed by atoms with Gasteiger partial charge in [0.15, 0.2) is 0 Å². The highest BCUT2D eigenvalue weighted by molar-refractivity contribution is 5.58. The molecule has 14 heavy (non-hydrogen) atoms. The summed E-state index contributed by atoms with van der Waals surface area (Å²) in [6.45, 7) is 0. The molecule has 3 N–H and O–H groups in total. The molecule has 0 aliphatic heterocycles. The van der Waals surface area contributed by atoms with Crippen molar-refractivity contribution in [2.45, 2.75) is 12.5 Å². The highest BCUT2D eigenvalue weighted by Gasteiger charge is 2.06.